The summed E-state index contributed by atoms with van der Waals surface area (Å²) in [5, 5.41) is 0.636. The minimum absolute atomic E-state index is 0.0341. The van der Waals surface area contributed by atoms with E-state index in [0.717, 1.165) is 14.7 Å². The van der Waals surface area contributed by atoms with E-state index in [-0.39, 0.29) is 5.56 Å². The van der Waals surface area contributed by atoms with Gasteiger partial charge in [-0.1, -0.05) is 36.4 Å². The summed E-state index contributed by atoms with van der Waals surface area (Å²) >= 11 is 2.22. The first-order chi connectivity index (χ1) is 13.2. The Morgan fingerprint density at radius 1 is 1.00 bits per heavy atom. The second kappa shape index (κ2) is 7.84. The molecule has 0 N–H and O–H groups in total. The zero-order valence-corrected chi connectivity index (χ0v) is 16.6. The first-order valence-corrected chi connectivity index (χ1v) is 9.61. The molecule has 27 heavy (non-hydrogen) atoms. The van der Waals surface area contributed by atoms with Gasteiger partial charge in [0.2, 0.25) is 0 Å². The monoisotopic (exact) mass is 465 g/mol. The summed E-state index contributed by atoms with van der Waals surface area (Å²) in [7, 11) is 0. The number of aromatic nitrogens is 3. The quantitative estimate of drug-likeness (QED) is 0.414. The number of hydrogen-bond acceptors (Lipinski definition) is 3. The Bertz CT molecular complexity index is 1170. The number of pyridine rings is 1. The van der Waals surface area contributed by atoms with Crippen molar-refractivity contribution in [3.05, 3.63) is 104 Å². The number of nitrogens with zero attached hydrogens (tertiary/aromatic N) is 3. The maximum atomic E-state index is 13.2. The van der Waals surface area contributed by atoms with Crippen LogP contribution in [-0.4, -0.2) is 14.5 Å². The van der Waals surface area contributed by atoms with Gasteiger partial charge in [-0.3, -0.25) is 14.3 Å². The van der Waals surface area contributed by atoms with Crippen molar-refractivity contribution >= 4 is 45.6 Å². The van der Waals surface area contributed by atoms with Crippen LogP contribution >= 0.6 is 22.6 Å². The van der Waals surface area contributed by atoms with Crippen LogP contribution in [0.2, 0.25) is 0 Å². The SMILES string of the molecule is O=c1c2cc(I)ccc2nc(C=Cc2cccnc2)n1Cc1ccccc1. The second-order valence-corrected chi connectivity index (χ2v) is 7.37. The van der Waals surface area contributed by atoms with E-state index in [1.807, 2.05) is 72.8 Å². The highest BCUT2D eigenvalue weighted by atomic mass is 127. The molecule has 5 heteroatoms. The first kappa shape index (κ1) is 17.6. The standard InChI is InChI=1S/C22H16IN3O/c23-18-9-10-20-19(13-18)22(27)26(15-17-5-2-1-3-6-17)21(25-20)11-8-16-7-4-12-24-14-16/h1-14H,15H2. The molecule has 4 aromatic rings. The molecule has 2 aromatic heterocycles. The Kier molecular flexibility index (Phi) is 5.11. The third-order valence-electron chi connectivity index (χ3n) is 4.24. The molecule has 4 rings (SSSR count). The van der Waals surface area contributed by atoms with Gasteiger partial charge in [0.1, 0.15) is 5.82 Å². The number of benzene rings is 2. The summed E-state index contributed by atoms with van der Waals surface area (Å²) in [5.41, 5.74) is 2.69. The van der Waals surface area contributed by atoms with E-state index < -0.39 is 0 Å². The average molecular weight is 465 g/mol. The van der Waals surface area contributed by atoms with Crippen LogP contribution in [0, 0.1) is 3.57 Å². The fourth-order valence-electron chi connectivity index (χ4n) is 2.90. The lowest BCUT2D eigenvalue weighted by atomic mass is 10.2. The lowest BCUT2D eigenvalue weighted by Gasteiger charge is -2.12. The molecule has 0 aliphatic carbocycles. The molecular formula is C22H16IN3O. The van der Waals surface area contributed by atoms with Crippen LogP contribution in [0.1, 0.15) is 17.0 Å². The summed E-state index contributed by atoms with van der Waals surface area (Å²) in [4.78, 5) is 22.1. The van der Waals surface area contributed by atoms with Crippen LogP contribution in [0.5, 0.6) is 0 Å². The smallest absolute Gasteiger partial charge is 0.261 e. The maximum absolute atomic E-state index is 13.2. The van der Waals surface area contributed by atoms with Gasteiger partial charge in [0.05, 0.1) is 17.4 Å². The number of fused-ring (bicyclic) bond motifs is 1. The van der Waals surface area contributed by atoms with E-state index in [1.165, 1.54) is 0 Å². The minimum atomic E-state index is -0.0341. The fraction of sp³-hybridized carbons (Fsp3) is 0.0455. The molecule has 0 saturated carbocycles. The van der Waals surface area contributed by atoms with Crippen LogP contribution in [0.15, 0.2) is 77.9 Å². The second-order valence-electron chi connectivity index (χ2n) is 6.13. The normalized spacial score (nSPS) is 11.3. The Hall–Kier alpha value is -2.80. The van der Waals surface area contributed by atoms with E-state index in [4.69, 9.17) is 4.98 Å². The van der Waals surface area contributed by atoms with Gasteiger partial charge < -0.3 is 0 Å². The summed E-state index contributed by atoms with van der Waals surface area (Å²) in [6.07, 6.45) is 7.31. The Morgan fingerprint density at radius 3 is 2.63 bits per heavy atom. The van der Waals surface area contributed by atoms with Crippen molar-refractivity contribution in [1.29, 1.82) is 0 Å². The molecule has 0 radical (unpaired) electrons. The summed E-state index contributed by atoms with van der Waals surface area (Å²) in [6, 6.07) is 19.5. The van der Waals surface area contributed by atoms with Gasteiger partial charge in [0.15, 0.2) is 0 Å². The van der Waals surface area contributed by atoms with Crippen LogP contribution in [-0.2, 0) is 6.54 Å². The van der Waals surface area contributed by atoms with E-state index >= 15 is 0 Å². The summed E-state index contributed by atoms with van der Waals surface area (Å²) < 4.78 is 2.74. The average Bonchev–Trinajstić information content (AvgIpc) is 2.71. The van der Waals surface area contributed by atoms with Crippen LogP contribution in [0.3, 0.4) is 0 Å². The molecule has 0 unspecified atom stereocenters. The molecule has 0 atom stereocenters. The molecule has 0 aliphatic rings. The Morgan fingerprint density at radius 2 is 1.85 bits per heavy atom. The van der Waals surface area contributed by atoms with Gasteiger partial charge in [-0.05, 0) is 70.1 Å². The summed E-state index contributed by atoms with van der Waals surface area (Å²) in [5.74, 6) is 0.626. The number of halogens is 1. The Balaban J connectivity index is 1.87. The van der Waals surface area contributed by atoms with Crippen LogP contribution in [0.4, 0.5) is 0 Å². The van der Waals surface area contributed by atoms with Gasteiger partial charge in [-0.15, -0.1) is 0 Å². The topological polar surface area (TPSA) is 47.8 Å². The van der Waals surface area contributed by atoms with Gasteiger partial charge in [0, 0.05) is 16.0 Å². The lowest BCUT2D eigenvalue weighted by Crippen LogP contribution is -2.24. The minimum Gasteiger partial charge on any atom is -0.288 e. The molecular weight excluding hydrogens is 449 g/mol. The van der Waals surface area contributed by atoms with Gasteiger partial charge in [0.25, 0.3) is 5.56 Å². The zero-order valence-electron chi connectivity index (χ0n) is 14.4. The maximum Gasteiger partial charge on any atom is 0.261 e. The molecule has 2 aromatic carbocycles. The highest BCUT2D eigenvalue weighted by Crippen LogP contribution is 2.15. The highest BCUT2D eigenvalue weighted by molar-refractivity contribution is 14.1. The predicted octanol–water partition coefficient (Wildman–Crippen LogP) is 4.61. The third-order valence-corrected chi connectivity index (χ3v) is 4.91. The number of hydrogen-bond donors (Lipinski definition) is 0. The summed E-state index contributed by atoms with van der Waals surface area (Å²) in [6.45, 7) is 0.473. The van der Waals surface area contributed by atoms with Gasteiger partial charge in [-0.2, -0.15) is 0 Å². The molecule has 0 bridgehead atoms. The molecule has 0 saturated heterocycles. The largest absolute Gasteiger partial charge is 0.288 e. The van der Waals surface area contributed by atoms with Crippen molar-refractivity contribution in [2.75, 3.05) is 0 Å². The van der Waals surface area contributed by atoms with Crippen molar-refractivity contribution in [1.82, 2.24) is 14.5 Å². The van der Waals surface area contributed by atoms with Crippen LogP contribution in [0.25, 0.3) is 23.1 Å². The van der Waals surface area contributed by atoms with E-state index in [9.17, 15) is 4.79 Å². The number of rotatable bonds is 4. The van der Waals surface area contributed by atoms with E-state index in [1.54, 1.807) is 17.0 Å². The molecule has 0 fully saturated rings. The molecule has 4 nitrogen and oxygen atoms in total. The van der Waals surface area contributed by atoms with Gasteiger partial charge in [-0.25, -0.2) is 4.98 Å². The highest BCUT2D eigenvalue weighted by Gasteiger charge is 2.10. The molecule has 0 spiro atoms. The first-order valence-electron chi connectivity index (χ1n) is 8.53. The van der Waals surface area contributed by atoms with E-state index in [2.05, 4.69) is 27.6 Å². The Labute approximate surface area is 170 Å². The van der Waals surface area contributed by atoms with Crippen molar-refractivity contribution in [2.24, 2.45) is 0 Å². The molecule has 0 aliphatic heterocycles. The van der Waals surface area contributed by atoms with Gasteiger partial charge >= 0.3 is 0 Å². The molecule has 132 valence electrons. The predicted molar refractivity (Wildman–Crippen MR) is 117 cm³/mol. The van der Waals surface area contributed by atoms with Crippen LogP contribution < -0.4 is 5.56 Å². The van der Waals surface area contributed by atoms with Crippen molar-refractivity contribution in [3.8, 4) is 0 Å². The zero-order chi connectivity index (χ0) is 18.6. The third kappa shape index (κ3) is 3.98. The molecule has 0 amide bonds. The fourth-order valence-corrected chi connectivity index (χ4v) is 3.39. The lowest BCUT2D eigenvalue weighted by molar-refractivity contribution is 0.738. The van der Waals surface area contributed by atoms with Crippen molar-refractivity contribution in [3.63, 3.8) is 0 Å². The van der Waals surface area contributed by atoms with E-state index in [0.29, 0.717) is 23.3 Å². The van der Waals surface area contributed by atoms with Crippen molar-refractivity contribution < 1.29 is 0 Å². The van der Waals surface area contributed by atoms with Crippen molar-refractivity contribution in [2.45, 2.75) is 6.54 Å². The molecule has 2 heterocycles.